The van der Waals surface area contributed by atoms with Gasteiger partial charge in [-0.25, -0.2) is 0 Å². The molecule has 96 valence electrons. The number of fused-ring (bicyclic) bond motifs is 1. The van der Waals surface area contributed by atoms with Gasteiger partial charge < -0.3 is 10.00 Å². The van der Waals surface area contributed by atoms with Crippen molar-refractivity contribution in [2.24, 2.45) is 0 Å². The summed E-state index contributed by atoms with van der Waals surface area (Å²) in [5, 5.41) is 7.86. The second kappa shape index (κ2) is 4.65. The average molecular weight is 253 g/mol. The molecule has 0 radical (unpaired) electrons. The summed E-state index contributed by atoms with van der Waals surface area (Å²) in [5.74, 6) is 0. The van der Waals surface area contributed by atoms with Crippen LogP contribution in [0.2, 0.25) is 0 Å². The summed E-state index contributed by atoms with van der Waals surface area (Å²) in [6, 6.07) is 16.2. The molecule has 0 bridgehead atoms. The summed E-state index contributed by atoms with van der Waals surface area (Å²) in [5.41, 5.74) is 1.91. The molecule has 2 aromatic carbocycles. The third-order valence-corrected chi connectivity index (χ3v) is 3.23. The minimum absolute atomic E-state index is 0.0955. The number of H-pyrrole nitrogens is 2. The highest BCUT2D eigenvalue weighted by molar-refractivity contribution is 5.85. The van der Waals surface area contributed by atoms with Gasteiger partial charge in [0.15, 0.2) is 0 Å². The van der Waals surface area contributed by atoms with E-state index in [1.54, 1.807) is 6.07 Å². The molecule has 0 saturated heterocycles. The quantitative estimate of drug-likeness (QED) is 0.753. The standard InChI is InChI=1S/C15H15N3O/c1-18(10-13-9-15(19)17-16-13)14-7-6-11-4-2-3-5-12(11)8-14/h2-9H,10H2,1H3,(H2,16,17,19). The molecule has 3 rings (SSSR count). The zero-order valence-electron chi connectivity index (χ0n) is 10.7. The Balaban J connectivity index is 1.88. The molecule has 2 N–H and O–H groups in total. The number of anilines is 1. The van der Waals surface area contributed by atoms with Gasteiger partial charge in [0.05, 0.1) is 12.2 Å². The SMILES string of the molecule is CN(Cc1cc(=O)[nH][nH]1)c1ccc2ccccc2c1. The minimum atomic E-state index is -0.0955. The number of rotatable bonds is 3. The molecule has 1 heterocycles. The Morgan fingerprint density at radius 3 is 2.53 bits per heavy atom. The smallest absolute Gasteiger partial charge is 0.264 e. The van der Waals surface area contributed by atoms with Crippen molar-refractivity contribution in [1.82, 2.24) is 10.2 Å². The number of aromatic amines is 2. The number of hydrogen-bond donors (Lipinski definition) is 2. The van der Waals surface area contributed by atoms with Crippen LogP contribution in [0.1, 0.15) is 5.69 Å². The number of aromatic nitrogens is 2. The monoisotopic (exact) mass is 253 g/mol. The van der Waals surface area contributed by atoms with Gasteiger partial charge in [0.25, 0.3) is 5.56 Å². The zero-order valence-corrected chi connectivity index (χ0v) is 10.7. The van der Waals surface area contributed by atoms with Crippen molar-refractivity contribution in [2.75, 3.05) is 11.9 Å². The van der Waals surface area contributed by atoms with Crippen LogP contribution in [-0.4, -0.2) is 17.2 Å². The number of benzene rings is 2. The molecular weight excluding hydrogens is 238 g/mol. The summed E-state index contributed by atoms with van der Waals surface area (Å²) in [7, 11) is 2.01. The minimum Gasteiger partial charge on any atom is -0.369 e. The van der Waals surface area contributed by atoms with Crippen LogP contribution in [0.15, 0.2) is 53.3 Å². The molecule has 0 fully saturated rings. The van der Waals surface area contributed by atoms with Gasteiger partial charge in [-0.3, -0.25) is 9.89 Å². The van der Waals surface area contributed by atoms with Crippen molar-refractivity contribution in [3.8, 4) is 0 Å². The third-order valence-electron chi connectivity index (χ3n) is 3.23. The molecule has 0 aliphatic rings. The molecular formula is C15H15N3O. The molecule has 0 amide bonds. The molecule has 0 saturated carbocycles. The molecule has 0 aliphatic carbocycles. The first-order chi connectivity index (χ1) is 9.22. The van der Waals surface area contributed by atoms with Crippen LogP contribution < -0.4 is 10.5 Å². The lowest BCUT2D eigenvalue weighted by Crippen LogP contribution is -2.16. The van der Waals surface area contributed by atoms with Crippen LogP contribution in [-0.2, 0) is 6.54 Å². The average Bonchev–Trinajstić information content (AvgIpc) is 2.83. The van der Waals surface area contributed by atoms with Crippen LogP contribution in [0.3, 0.4) is 0 Å². The second-order valence-electron chi connectivity index (χ2n) is 4.67. The summed E-state index contributed by atoms with van der Waals surface area (Å²) < 4.78 is 0. The van der Waals surface area contributed by atoms with E-state index in [-0.39, 0.29) is 5.56 Å². The van der Waals surface area contributed by atoms with Gasteiger partial charge in [-0.05, 0) is 22.9 Å². The van der Waals surface area contributed by atoms with Gasteiger partial charge in [-0.1, -0.05) is 30.3 Å². The molecule has 0 aliphatic heterocycles. The fraction of sp³-hybridized carbons (Fsp3) is 0.133. The van der Waals surface area contributed by atoms with E-state index in [0.29, 0.717) is 6.54 Å². The highest BCUT2D eigenvalue weighted by Gasteiger charge is 2.04. The fourth-order valence-electron chi connectivity index (χ4n) is 2.22. The highest BCUT2D eigenvalue weighted by Crippen LogP contribution is 2.21. The summed E-state index contributed by atoms with van der Waals surface area (Å²) >= 11 is 0. The fourth-order valence-corrected chi connectivity index (χ4v) is 2.22. The third kappa shape index (κ3) is 2.38. The van der Waals surface area contributed by atoms with E-state index in [1.165, 1.54) is 10.8 Å². The molecule has 3 aromatic rings. The van der Waals surface area contributed by atoms with E-state index >= 15 is 0 Å². The Hall–Kier alpha value is -2.49. The summed E-state index contributed by atoms with van der Waals surface area (Å²) in [4.78, 5) is 13.2. The number of hydrogen-bond acceptors (Lipinski definition) is 2. The van der Waals surface area contributed by atoms with Gasteiger partial charge in [0, 0.05) is 18.8 Å². The van der Waals surface area contributed by atoms with Gasteiger partial charge in [0.1, 0.15) is 0 Å². The topological polar surface area (TPSA) is 51.9 Å². The number of nitrogens with one attached hydrogen (secondary N) is 2. The molecule has 1 aromatic heterocycles. The van der Waals surface area contributed by atoms with Crippen LogP contribution in [0.25, 0.3) is 10.8 Å². The maximum atomic E-state index is 11.1. The van der Waals surface area contributed by atoms with Crippen molar-refractivity contribution in [2.45, 2.75) is 6.54 Å². The predicted octanol–water partition coefficient (Wildman–Crippen LogP) is 2.49. The van der Waals surface area contributed by atoms with Gasteiger partial charge >= 0.3 is 0 Å². The molecule has 0 spiro atoms. The van der Waals surface area contributed by atoms with Crippen LogP contribution >= 0.6 is 0 Å². The predicted molar refractivity (Wildman–Crippen MR) is 77.5 cm³/mol. The number of nitrogens with zero attached hydrogens (tertiary/aromatic N) is 1. The van der Waals surface area contributed by atoms with Crippen molar-refractivity contribution in [3.05, 3.63) is 64.6 Å². The van der Waals surface area contributed by atoms with E-state index < -0.39 is 0 Å². The maximum absolute atomic E-state index is 11.1. The van der Waals surface area contributed by atoms with E-state index in [4.69, 9.17) is 0 Å². The van der Waals surface area contributed by atoms with Crippen LogP contribution in [0.4, 0.5) is 5.69 Å². The van der Waals surface area contributed by atoms with E-state index in [0.717, 1.165) is 11.4 Å². The summed E-state index contributed by atoms with van der Waals surface area (Å²) in [6.45, 7) is 0.664. The van der Waals surface area contributed by atoms with Gasteiger partial charge in [-0.2, -0.15) is 0 Å². The molecule has 19 heavy (non-hydrogen) atoms. The normalized spacial score (nSPS) is 10.8. The lowest BCUT2D eigenvalue weighted by molar-refractivity contribution is 0.868. The van der Waals surface area contributed by atoms with Crippen LogP contribution in [0.5, 0.6) is 0 Å². The largest absolute Gasteiger partial charge is 0.369 e. The van der Waals surface area contributed by atoms with Crippen LogP contribution in [0, 0.1) is 0 Å². The Labute approximate surface area is 110 Å². The molecule has 4 nitrogen and oxygen atoms in total. The van der Waals surface area contributed by atoms with E-state index in [2.05, 4.69) is 45.4 Å². The first kappa shape index (κ1) is 11.6. The Bertz CT molecular complexity index is 757. The highest BCUT2D eigenvalue weighted by atomic mass is 16.1. The molecule has 4 heteroatoms. The Morgan fingerprint density at radius 2 is 1.79 bits per heavy atom. The zero-order chi connectivity index (χ0) is 13.2. The molecule has 0 unspecified atom stereocenters. The van der Waals surface area contributed by atoms with Crippen molar-refractivity contribution >= 4 is 16.5 Å². The Kier molecular flexibility index (Phi) is 2.83. The first-order valence-corrected chi connectivity index (χ1v) is 6.19. The van der Waals surface area contributed by atoms with Gasteiger partial charge in [0.2, 0.25) is 0 Å². The summed E-state index contributed by atoms with van der Waals surface area (Å²) in [6.07, 6.45) is 0. The van der Waals surface area contributed by atoms with Crippen molar-refractivity contribution in [1.29, 1.82) is 0 Å². The second-order valence-corrected chi connectivity index (χ2v) is 4.67. The molecule has 0 atom stereocenters. The van der Waals surface area contributed by atoms with E-state index in [1.807, 2.05) is 19.2 Å². The maximum Gasteiger partial charge on any atom is 0.264 e. The lowest BCUT2D eigenvalue weighted by atomic mass is 10.1. The van der Waals surface area contributed by atoms with E-state index in [9.17, 15) is 4.79 Å². The lowest BCUT2D eigenvalue weighted by Gasteiger charge is -2.18. The van der Waals surface area contributed by atoms with Crippen molar-refractivity contribution < 1.29 is 0 Å². The first-order valence-electron chi connectivity index (χ1n) is 6.19. The van der Waals surface area contributed by atoms with Gasteiger partial charge in [-0.15, -0.1) is 0 Å². The van der Waals surface area contributed by atoms with Crippen molar-refractivity contribution in [3.63, 3.8) is 0 Å². The Morgan fingerprint density at radius 1 is 1.00 bits per heavy atom.